The molecule has 1 heterocycles. The summed E-state index contributed by atoms with van der Waals surface area (Å²) in [5.41, 5.74) is 1.66. The lowest BCUT2D eigenvalue weighted by Gasteiger charge is -2.20. The van der Waals surface area contributed by atoms with Gasteiger partial charge >= 0.3 is 0 Å². The maximum Gasteiger partial charge on any atom is 0.131 e. The molecule has 5 heteroatoms. The summed E-state index contributed by atoms with van der Waals surface area (Å²) in [6.07, 6.45) is 3.59. The fraction of sp³-hybridized carbons (Fsp3) is 0.357. The molecule has 0 radical (unpaired) electrons. The van der Waals surface area contributed by atoms with Crippen molar-refractivity contribution in [3.8, 4) is 5.75 Å². The van der Waals surface area contributed by atoms with Gasteiger partial charge in [-0.3, -0.25) is 5.10 Å². The minimum atomic E-state index is -0.265. The van der Waals surface area contributed by atoms with Gasteiger partial charge in [0.25, 0.3) is 0 Å². The standard InChI is InChI=1S/C14H18FN3O/c1-9(11-7-16-17-8-11)18-10(2)13-5-4-12(19-3)6-14(13)15/h4-10,18H,1-3H3,(H,16,17). The summed E-state index contributed by atoms with van der Waals surface area (Å²) in [4.78, 5) is 0. The van der Waals surface area contributed by atoms with Gasteiger partial charge in [-0.2, -0.15) is 5.10 Å². The predicted octanol–water partition coefficient (Wildman–Crippen LogP) is 2.97. The SMILES string of the molecule is COc1ccc(C(C)NC(C)c2cn[nH]c2)c(F)c1. The summed E-state index contributed by atoms with van der Waals surface area (Å²) in [5.74, 6) is 0.259. The number of ether oxygens (including phenoxy) is 1. The van der Waals surface area contributed by atoms with Crippen LogP contribution in [0.2, 0.25) is 0 Å². The first-order valence-electron chi connectivity index (χ1n) is 6.20. The average Bonchev–Trinajstić information content (AvgIpc) is 2.92. The van der Waals surface area contributed by atoms with E-state index in [0.717, 1.165) is 5.56 Å². The molecule has 102 valence electrons. The van der Waals surface area contributed by atoms with E-state index < -0.39 is 0 Å². The summed E-state index contributed by atoms with van der Waals surface area (Å²) in [6.45, 7) is 3.95. The topological polar surface area (TPSA) is 49.9 Å². The second-order valence-electron chi connectivity index (χ2n) is 4.53. The second kappa shape index (κ2) is 5.84. The monoisotopic (exact) mass is 263 g/mol. The van der Waals surface area contributed by atoms with E-state index in [-0.39, 0.29) is 17.9 Å². The van der Waals surface area contributed by atoms with E-state index in [1.54, 1.807) is 18.3 Å². The third-order valence-corrected chi connectivity index (χ3v) is 3.19. The number of H-pyrrole nitrogens is 1. The Labute approximate surface area is 112 Å². The zero-order valence-electron chi connectivity index (χ0n) is 11.3. The Morgan fingerprint density at radius 2 is 2.11 bits per heavy atom. The maximum absolute atomic E-state index is 13.9. The third-order valence-electron chi connectivity index (χ3n) is 3.19. The fourth-order valence-corrected chi connectivity index (χ4v) is 2.04. The number of rotatable bonds is 5. The molecule has 0 spiro atoms. The van der Waals surface area contributed by atoms with Gasteiger partial charge in [0.2, 0.25) is 0 Å². The molecule has 2 aromatic rings. The van der Waals surface area contributed by atoms with Crippen molar-refractivity contribution >= 4 is 0 Å². The van der Waals surface area contributed by atoms with Gasteiger partial charge in [-0.05, 0) is 19.9 Å². The van der Waals surface area contributed by atoms with Crippen molar-refractivity contribution in [2.75, 3.05) is 7.11 Å². The zero-order valence-corrected chi connectivity index (χ0v) is 11.3. The number of nitrogens with zero attached hydrogens (tertiary/aromatic N) is 1. The highest BCUT2D eigenvalue weighted by molar-refractivity contribution is 5.30. The average molecular weight is 263 g/mol. The van der Waals surface area contributed by atoms with Crippen LogP contribution in [0, 0.1) is 5.82 Å². The molecule has 2 atom stereocenters. The van der Waals surface area contributed by atoms with Gasteiger partial charge in [-0.1, -0.05) is 6.07 Å². The lowest BCUT2D eigenvalue weighted by Crippen LogP contribution is -2.23. The Balaban J connectivity index is 2.09. The molecule has 0 aliphatic heterocycles. The lowest BCUT2D eigenvalue weighted by molar-refractivity contribution is 0.408. The number of hydrogen-bond acceptors (Lipinski definition) is 3. The molecule has 0 bridgehead atoms. The van der Waals surface area contributed by atoms with Crippen LogP contribution in [0.15, 0.2) is 30.6 Å². The number of benzene rings is 1. The van der Waals surface area contributed by atoms with Crippen molar-refractivity contribution in [1.82, 2.24) is 15.5 Å². The fourth-order valence-electron chi connectivity index (χ4n) is 2.04. The van der Waals surface area contributed by atoms with E-state index >= 15 is 0 Å². The van der Waals surface area contributed by atoms with Gasteiger partial charge < -0.3 is 10.1 Å². The first kappa shape index (κ1) is 13.5. The van der Waals surface area contributed by atoms with Gasteiger partial charge in [0.1, 0.15) is 11.6 Å². The smallest absolute Gasteiger partial charge is 0.131 e. The first-order chi connectivity index (χ1) is 9.11. The Kier molecular flexibility index (Phi) is 4.16. The molecule has 0 aliphatic rings. The minimum Gasteiger partial charge on any atom is -0.497 e. The number of aromatic amines is 1. The number of methoxy groups -OCH3 is 1. The molecule has 2 unspecified atom stereocenters. The van der Waals surface area contributed by atoms with Crippen LogP contribution in [0.25, 0.3) is 0 Å². The van der Waals surface area contributed by atoms with Crippen molar-refractivity contribution < 1.29 is 9.13 Å². The third kappa shape index (κ3) is 3.12. The molecule has 2 rings (SSSR count). The van der Waals surface area contributed by atoms with Gasteiger partial charge in [0.05, 0.1) is 13.3 Å². The van der Waals surface area contributed by atoms with Crippen LogP contribution < -0.4 is 10.1 Å². The van der Waals surface area contributed by atoms with Gasteiger partial charge in [0, 0.05) is 35.5 Å². The van der Waals surface area contributed by atoms with Crippen molar-refractivity contribution in [3.63, 3.8) is 0 Å². The molecule has 2 N–H and O–H groups in total. The Morgan fingerprint density at radius 1 is 1.32 bits per heavy atom. The summed E-state index contributed by atoms with van der Waals surface area (Å²) < 4.78 is 18.9. The van der Waals surface area contributed by atoms with Crippen LogP contribution in [0.3, 0.4) is 0 Å². The predicted molar refractivity (Wildman–Crippen MR) is 71.5 cm³/mol. The van der Waals surface area contributed by atoms with E-state index in [4.69, 9.17) is 4.74 Å². The van der Waals surface area contributed by atoms with Crippen LogP contribution in [0.5, 0.6) is 5.75 Å². The van der Waals surface area contributed by atoms with Crippen LogP contribution in [0.1, 0.15) is 37.1 Å². The molecule has 0 saturated carbocycles. The maximum atomic E-state index is 13.9. The van der Waals surface area contributed by atoms with E-state index in [9.17, 15) is 4.39 Å². The molecule has 0 fully saturated rings. The number of halogens is 1. The molecular weight excluding hydrogens is 245 g/mol. The van der Waals surface area contributed by atoms with E-state index in [1.807, 2.05) is 20.0 Å². The highest BCUT2D eigenvalue weighted by Gasteiger charge is 2.15. The van der Waals surface area contributed by atoms with Crippen LogP contribution in [0.4, 0.5) is 4.39 Å². The molecule has 0 saturated heterocycles. The molecule has 1 aromatic carbocycles. The van der Waals surface area contributed by atoms with Crippen molar-refractivity contribution in [1.29, 1.82) is 0 Å². The Bertz CT molecular complexity index is 527. The number of aromatic nitrogens is 2. The van der Waals surface area contributed by atoms with Crippen molar-refractivity contribution in [2.45, 2.75) is 25.9 Å². The quantitative estimate of drug-likeness (QED) is 0.872. The first-order valence-corrected chi connectivity index (χ1v) is 6.20. The highest BCUT2D eigenvalue weighted by atomic mass is 19.1. The molecule has 0 aliphatic carbocycles. The minimum absolute atomic E-state index is 0.0928. The summed E-state index contributed by atoms with van der Waals surface area (Å²) in [6, 6.07) is 4.90. The van der Waals surface area contributed by atoms with Gasteiger partial charge in [-0.15, -0.1) is 0 Å². The second-order valence-corrected chi connectivity index (χ2v) is 4.53. The lowest BCUT2D eigenvalue weighted by atomic mass is 10.1. The Morgan fingerprint density at radius 3 is 2.68 bits per heavy atom. The molecular formula is C14H18FN3O. The van der Waals surface area contributed by atoms with Gasteiger partial charge in [0.15, 0.2) is 0 Å². The number of nitrogens with one attached hydrogen (secondary N) is 2. The number of hydrogen-bond donors (Lipinski definition) is 2. The van der Waals surface area contributed by atoms with Gasteiger partial charge in [-0.25, -0.2) is 4.39 Å². The molecule has 0 amide bonds. The molecule has 4 nitrogen and oxygen atoms in total. The molecule has 19 heavy (non-hydrogen) atoms. The largest absolute Gasteiger partial charge is 0.497 e. The van der Waals surface area contributed by atoms with E-state index in [2.05, 4.69) is 15.5 Å². The normalized spacial score (nSPS) is 14.1. The van der Waals surface area contributed by atoms with Crippen LogP contribution >= 0.6 is 0 Å². The zero-order chi connectivity index (χ0) is 13.8. The summed E-state index contributed by atoms with van der Waals surface area (Å²) >= 11 is 0. The van der Waals surface area contributed by atoms with Crippen molar-refractivity contribution in [2.24, 2.45) is 0 Å². The van der Waals surface area contributed by atoms with Crippen LogP contribution in [-0.2, 0) is 0 Å². The summed E-state index contributed by atoms with van der Waals surface area (Å²) in [5, 5.41) is 10.0. The van der Waals surface area contributed by atoms with E-state index in [0.29, 0.717) is 11.3 Å². The summed E-state index contributed by atoms with van der Waals surface area (Å²) in [7, 11) is 1.52. The van der Waals surface area contributed by atoms with Crippen molar-refractivity contribution in [3.05, 3.63) is 47.5 Å². The van der Waals surface area contributed by atoms with Crippen LogP contribution in [-0.4, -0.2) is 17.3 Å². The Hall–Kier alpha value is -1.88. The molecule has 1 aromatic heterocycles. The van der Waals surface area contributed by atoms with E-state index in [1.165, 1.54) is 13.2 Å². The highest BCUT2D eigenvalue weighted by Crippen LogP contribution is 2.24.